The molecule has 14 heavy (non-hydrogen) atoms. The third-order valence-corrected chi connectivity index (χ3v) is 1.59. The zero-order valence-electron chi connectivity index (χ0n) is 7.33. The average Bonchev–Trinajstić information content (AvgIpc) is 2.19. The van der Waals surface area contributed by atoms with Gasteiger partial charge in [0.25, 0.3) is 0 Å². The summed E-state index contributed by atoms with van der Waals surface area (Å²) in [5.41, 5.74) is 0.456. The highest BCUT2D eigenvalue weighted by Crippen LogP contribution is 1.98. The zero-order valence-corrected chi connectivity index (χ0v) is 8.08. The molecule has 0 radical (unpaired) electrons. The van der Waals surface area contributed by atoms with Gasteiger partial charge in [0.15, 0.2) is 0 Å². The van der Waals surface area contributed by atoms with Gasteiger partial charge in [-0.2, -0.15) is 0 Å². The summed E-state index contributed by atoms with van der Waals surface area (Å²) < 4.78 is 0. The van der Waals surface area contributed by atoms with E-state index in [4.69, 9.17) is 16.7 Å². The van der Waals surface area contributed by atoms with E-state index in [0.29, 0.717) is 18.0 Å². The molecule has 0 amide bonds. The molecule has 1 heterocycles. The highest BCUT2D eigenvalue weighted by Gasteiger charge is 2.02. The van der Waals surface area contributed by atoms with E-state index in [2.05, 4.69) is 16.8 Å². The summed E-state index contributed by atoms with van der Waals surface area (Å²) in [5.74, 6) is 4.93. The number of aromatic nitrogens is 1. The monoisotopic (exact) mass is 209 g/mol. The van der Waals surface area contributed by atoms with Gasteiger partial charge in [-0.05, 0) is 18.1 Å². The van der Waals surface area contributed by atoms with Crippen molar-refractivity contribution in [2.45, 2.75) is 6.42 Å². The number of hydrogen-bond donors (Lipinski definition) is 1. The molecule has 3 nitrogen and oxygen atoms in total. The number of hydrogen-bond acceptors (Lipinski definition) is 2. The molecule has 0 saturated heterocycles. The number of carboxylic acid groups (broad SMARTS) is 1. The Morgan fingerprint density at radius 3 is 3.00 bits per heavy atom. The predicted octanol–water partition coefficient (Wildman–Crippen LogP) is 1.76. The molecule has 0 bridgehead atoms. The van der Waals surface area contributed by atoms with E-state index in [-0.39, 0.29) is 5.69 Å². The molecule has 0 fully saturated rings. The number of carboxylic acids is 1. The van der Waals surface area contributed by atoms with Gasteiger partial charge in [-0.15, -0.1) is 11.6 Å². The van der Waals surface area contributed by atoms with E-state index in [1.807, 2.05) is 0 Å². The van der Waals surface area contributed by atoms with Crippen LogP contribution in [0.3, 0.4) is 0 Å². The molecule has 0 saturated carbocycles. The largest absolute Gasteiger partial charge is 0.477 e. The number of aromatic carboxylic acids is 1. The SMILES string of the molecule is O=C(O)c1cccc(C#CCCCl)n1. The molecule has 0 atom stereocenters. The minimum absolute atomic E-state index is 0.00248. The fraction of sp³-hybridized carbons (Fsp3) is 0.200. The van der Waals surface area contributed by atoms with Crippen LogP contribution in [0.15, 0.2) is 18.2 Å². The highest BCUT2D eigenvalue weighted by molar-refractivity contribution is 6.18. The highest BCUT2D eigenvalue weighted by atomic mass is 35.5. The Hall–Kier alpha value is -1.53. The lowest BCUT2D eigenvalue weighted by atomic mass is 10.3. The van der Waals surface area contributed by atoms with Crippen molar-refractivity contribution in [1.82, 2.24) is 4.98 Å². The summed E-state index contributed by atoms with van der Waals surface area (Å²) in [6.45, 7) is 0. The lowest BCUT2D eigenvalue weighted by molar-refractivity contribution is 0.0690. The topological polar surface area (TPSA) is 50.2 Å². The van der Waals surface area contributed by atoms with Gasteiger partial charge in [0.2, 0.25) is 0 Å². The van der Waals surface area contributed by atoms with Crippen LogP contribution in [-0.4, -0.2) is 21.9 Å². The van der Waals surface area contributed by atoms with Gasteiger partial charge in [0.05, 0.1) is 0 Å². The standard InChI is InChI=1S/C10H8ClNO2/c11-7-2-1-4-8-5-3-6-9(12-8)10(13)14/h3,5-6H,2,7H2,(H,13,14). The first-order chi connectivity index (χ1) is 6.74. The van der Waals surface area contributed by atoms with Gasteiger partial charge < -0.3 is 5.11 Å². The number of halogens is 1. The van der Waals surface area contributed by atoms with Gasteiger partial charge in [-0.25, -0.2) is 9.78 Å². The van der Waals surface area contributed by atoms with Crippen molar-refractivity contribution in [3.8, 4) is 11.8 Å². The van der Waals surface area contributed by atoms with Gasteiger partial charge >= 0.3 is 5.97 Å². The van der Waals surface area contributed by atoms with Gasteiger partial charge in [-0.1, -0.05) is 12.0 Å². The molecule has 72 valence electrons. The van der Waals surface area contributed by atoms with E-state index < -0.39 is 5.97 Å². The maximum atomic E-state index is 10.6. The molecule has 4 heteroatoms. The number of nitrogens with zero attached hydrogens (tertiary/aromatic N) is 1. The first-order valence-electron chi connectivity index (χ1n) is 3.99. The summed E-state index contributed by atoms with van der Waals surface area (Å²) in [5, 5.41) is 8.65. The smallest absolute Gasteiger partial charge is 0.354 e. The summed E-state index contributed by atoms with van der Waals surface area (Å²) >= 11 is 5.43. The Kier molecular flexibility index (Phi) is 3.96. The maximum absolute atomic E-state index is 10.6. The van der Waals surface area contributed by atoms with Crippen LogP contribution in [0.1, 0.15) is 22.6 Å². The van der Waals surface area contributed by atoms with Crippen LogP contribution in [-0.2, 0) is 0 Å². The molecule has 1 N–H and O–H groups in total. The van der Waals surface area contributed by atoms with Crippen LogP contribution < -0.4 is 0 Å². The quantitative estimate of drug-likeness (QED) is 0.597. The lowest BCUT2D eigenvalue weighted by Gasteiger charge is -1.93. The molecule has 0 unspecified atom stereocenters. The fourth-order valence-electron chi connectivity index (χ4n) is 0.824. The molecular weight excluding hydrogens is 202 g/mol. The van der Waals surface area contributed by atoms with Crippen molar-refractivity contribution in [3.05, 3.63) is 29.6 Å². The Bertz CT molecular complexity index is 393. The predicted molar refractivity (Wildman–Crippen MR) is 53.4 cm³/mol. The van der Waals surface area contributed by atoms with Gasteiger partial charge in [-0.3, -0.25) is 0 Å². The van der Waals surface area contributed by atoms with Crippen molar-refractivity contribution in [2.75, 3.05) is 5.88 Å². The van der Waals surface area contributed by atoms with Crippen LogP contribution in [0.5, 0.6) is 0 Å². The summed E-state index contributed by atoms with van der Waals surface area (Å²) in [7, 11) is 0. The Morgan fingerprint density at radius 1 is 1.57 bits per heavy atom. The molecule has 0 aliphatic heterocycles. The van der Waals surface area contributed by atoms with E-state index in [0.717, 1.165) is 0 Å². The lowest BCUT2D eigenvalue weighted by Crippen LogP contribution is -2.00. The normalized spacial score (nSPS) is 8.93. The molecule has 0 spiro atoms. The molecule has 0 aliphatic rings. The van der Waals surface area contributed by atoms with E-state index in [1.165, 1.54) is 6.07 Å². The fourth-order valence-corrected chi connectivity index (χ4v) is 0.918. The van der Waals surface area contributed by atoms with Crippen molar-refractivity contribution < 1.29 is 9.90 Å². The van der Waals surface area contributed by atoms with Crippen molar-refractivity contribution in [2.24, 2.45) is 0 Å². The van der Waals surface area contributed by atoms with Crippen LogP contribution in [0, 0.1) is 11.8 Å². The van der Waals surface area contributed by atoms with E-state index in [9.17, 15) is 4.79 Å². The zero-order chi connectivity index (χ0) is 10.4. The number of rotatable bonds is 2. The van der Waals surface area contributed by atoms with E-state index >= 15 is 0 Å². The van der Waals surface area contributed by atoms with Crippen molar-refractivity contribution >= 4 is 17.6 Å². The van der Waals surface area contributed by atoms with Crippen LogP contribution in [0.4, 0.5) is 0 Å². The third kappa shape index (κ3) is 3.08. The van der Waals surface area contributed by atoms with E-state index in [1.54, 1.807) is 12.1 Å². The summed E-state index contributed by atoms with van der Waals surface area (Å²) in [4.78, 5) is 14.4. The van der Waals surface area contributed by atoms with Crippen LogP contribution >= 0.6 is 11.6 Å². The number of alkyl halides is 1. The summed E-state index contributed by atoms with van der Waals surface area (Å²) in [6, 6.07) is 4.70. The first-order valence-corrected chi connectivity index (χ1v) is 4.52. The second-order valence-corrected chi connectivity index (χ2v) is 2.83. The third-order valence-electron chi connectivity index (χ3n) is 1.40. The molecule has 1 rings (SSSR count). The number of pyridine rings is 1. The Balaban J connectivity index is 2.85. The minimum atomic E-state index is -1.05. The Morgan fingerprint density at radius 2 is 2.36 bits per heavy atom. The molecule has 0 aliphatic carbocycles. The average molecular weight is 210 g/mol. The second kappa shape index (κ2) is 5.25. The van der Waals surface area contributed by atoms with Crippen molar-refractivity contribution in [1.29, 1.82) is 0 Å². The summed E-state index contributed by atoms with van der Waals surface area (Å²) in [6.07, 6.45) is 0.570. The van der Waals surface area contributed by atoms with Crippen molar-refractivity contribution in [3.63, 3.8) is 0 Å². The first kappa shape index (κ1) is 10.6. The van der Waals surface area contributed by atoms with Gasteiger partial charge in [0, 0.05) is 12.3 Å². The minimum Gasteiger partial charge on any atom is -0.477 e. The van der Waals surface area contributed by atoms with Gasteiger partial charge in [0.1, 0.15) is 11.4 Å². The molecular formula is C10H8ClNO2. The van der Waals surface area contributed by atoms with Crippen LogP contribution in [0.25, 0.3) is 0 Å². The molecule has 0 aromatic carbocycles. The molecule has 1 aromatic rings. The maximum Gasteiger partial charge on any atom is 0.354 e. The second-order valence-electron chi connectivity index (χ2n) is 2.45. The van der Waals surface area contributed by atoms with Crippen LogP contribution in [0.2, 0.25) is 0 Å². The Labute approximate surface area is 86.7 Å². The number of carbonyl (C=O) groups is 1. The molecule has 1 aromatic heterocycles.